The second-order valence-electron chi connectivity index (χ2n) is 8.46. The number of methoxy groups -OCH3 is 1. The molecule has 1 aromatic carbocycles. The summed E-state index contributed by atoms with van der Waals surface area (Å²) in [6.07, 6.45) is -1.74. The summed E-state index contributed by atoms with van der Waals surface area (Å²) in [6, 6.07) is 3.89. The lowest BCUT2D eigenvalue weighted by atomic mass is 9.95. The molecule has 0 unspecified atom stereocenters. The highest BCUT2D eigenvalue weighted by Crippen LogP contribution is 2.42. The van der Waals surface area contributed by atoms with Gasteiger partial charge >= 0.3 is 6.18 Å². The maximum Gasteiger partial charge on any atom is 0.416 e. The van der Waals surface area contributed by atoms with Crippen LogP contribution in [0, 0.1) is 6.92 Å². The highest BCUT2D eigenvalue weighted by Gasteiger charge is 2.35. The number of anilines is 1. The number of aromatic hydroxyl groups is 1. The average Bonchev–Trinajstić information content (AvgIpc) is 2.71. The molecule has 168 valence electrons. The smallest absolute Gasteiger partial charge is 0.416 e. The van der Waals surface area contributed by atoms with Gasteiger partial charge in [-0.3, -0.25) is 0 Å². The number of benzene rings is 1. The van der Waals surface area contributed by atoms with Crippen molar-refractivity contribution in [3.05, 3.63) is 34.9 Å². The number of phenolic OH excluding ortho intramolecular Hbond substituents is 1. The third-order valence-corrected chi connectivity index (χ3v) is 6.28. The van der Waals surface area contributed by atoms with E-state index >= 15 is 0 Å². The lowest BCUT2D eigenvalue weighted by Gasteiger charge is -2.42. The number of halogens is 3. The maximum atomic E-state index is 13.1. The number of rotatable bonds is 3. The summed E-state index contributed by atoms with van der Waals surface area (Å²) in [5, 5.41) is 19.2. The van der Waals surface area contributed by atoms with Gasteiger partial charge in [-0.2, -0.15) is 13.2 Å². The number of ether oxygens (including phenoxy) is 1. The molecule has 3 heterocycles. The van der Waals surface area contributed by atoms with Crippen molar-refractivity contribution in [3.8, 4) is 17.0 Å². The number of likely N-dealkylation sites (tertiary alicyclic amines) is 1. The minimum atomic E-state index is -4.53. The SMILES string of the molecule is CO[C@H]1CCN([C@@H]2CCCN(C)C2)c2nnc(-c3c(C)cc(C(F)(F)F)cc3O)cc21. The number of alkyl halides is 3. The van der Waals surface area contributed by atoms with Gasteiger partial charge in [0.2, 0.25) is 0 Å². The number of hydrogen-bond acceptors (Lipinski definition) is 6. The molecule has 2 atom stereocenters. The summed E-state index contributed by atoms with van der Waals surface area (Å²) in [6.45, 7) is 4.36. The van der Waals surface area contributed by atoms with Crippen LogP contribution in [0.1, 0.15) is 42.1 Å². The Labute approximate surface area is 179 Å². The van der Waals surface area contributed by atoms with E-state index in [9.17, 15) is 18.3 Å². The van der Waals surface area contributed by atoms with Gasteiger partial charge in [-0.05, 0) is 63.5 Å². The molecule has 1 fully saturated rings. The monoisotopic (exact) mass is 436 g/mol. The molecule has 31 heavy (non-hydrogen) atoms. The molecular weight excluding hydrogens is 409 g/mol. The maximum absolute atomic E-state index is 13.1. The third-order valence-electron chi connectivity index (χ3n) is 6.28. The molecule has 9 heteroatoms. The van der Waals surface area contributed by atoms with Crippen LogP contribution in [0.25, 0.3) is 11.3 Å². The summed E-state index contributed by atoms with van der Waals surface area (Å²) < 4.78 is 44.9. The summed E-state index contributed by atoms with van der Waals surface area (Å²) >= 11 is 0. The molecule has 1 aromatic heterocycles. The fourth-order valence-corrected chi connectivity index (χ4v) is 4.76. The zero-order valence-electron chi connectivity index (χ0n) is 17.9. The van der Waals surface area contributed by atoms with Crippen molar-refractivity contribution in [2.45, 2.75) is 44.5 Å². The number of hydrogen-bond donors (Lipinski definition) is 1. The zero-order valence-corrected chi connectivity index (χ0v) is 17.9. The van der Waals surface area contributed by atoms with Crippen molar-refractivity contribution in [2.75, 3.05) is 38.7 Å². The number of phenols is 1. The quantitative estimate of drug-likeness (QED) is 0.780. The largest absolute Gasteiger partial charge is 0.507 e. The lowest BCUT2D eigenvalue weighted by molar-refractivity contribution is -0.137. The second kappa shape index (κ2) is 8.27. The van der Waals surface area contributed by atoms with E-state index in [1.54, 1.807) is 13.2 Å². The van der Waals surface area contributed by atoms with Crippen molar-refractivity contribution in [2.24, 2.45) is 0 Å². The topological polar surface area (TPSA) is 61.7 Å². The van der Waals surface area contributed by atoms with E-state index in [1.165, 1.54) is 6.92 Å². The first-order valence-electron chi connectivity index (χ1n) is 10.5. The van der Waals surface area contributed by atoms with Gasteiger partial charge < -0.3 is 19.6 Å². The normalized spacial score (nSPS) is 22.5. The molecule has 0 radical (unpaired) electrons. The van der Waals surface area contributed by atoms with Gasteiger partial charge in [-0.25, -0.2) is 0 Å². The van der Waals surface area contributed by atoms with Crippen molar-refractivity contribution >= 4 is 5.82 Å². The molecule has 2 aliphatic rings. The number of fused-ring (bicyclic) bond motifs is 1. The van der Waals surface area contributed by atoms with Crippen LogP contribution in [-0.4, -0.2) is 60.0 Å². The van der Waals surface area contributed by atoms with Crippen LogP contribution in [0.2, 0.25) is 0 Å². The zero-order chi connectivity index (χ0) is 22.3. The molecule has 0 aliphatic carbocycles. The summed E-state index contributed by atoms with van der Waals surface area (Å²) in [5.74, 6) is 0.295. The first-order valence-corrected chi connectivity index (χ1v) is 10.5. The van der Waals surface area contributed by atoms with E-state index in [0.29, 0.717) is 11.7 Å². The van der Waals surface area contributed by atoms with E-state index in [1.807, 2.05) is 0 Å². The molecule has 6 nitrogen and oxygen atoms in total. The third kappa shape index (κ3) is 4.21. The molecule has 1 N–H and O–H groups in total. The Morgan fingerprint density at radius 2 is 1.90 bits per heavy atom. The first-order chi connectivity index (χ1) is 14.7. The summed E-state index contributed by atoms with van der Waals surface area (Å²) in [4.78, 5) is 4.58. The second-order valence-corrected chi connectivity index (χ2v) is 8.46. The standard InChI is InChI=1S/C22H27F3N4O2/c1-13-9-14(22(23,24)25)10-18(30)20(13)17-11-16-19(31-3)6-8-29(21(16)27-26-17)15-5-4-7-28(2)12-15/h9-11,15,19,30H,4-8,12H2,1-3H3/t15-,19+/m1/s1. The minimum Gasteiger partial charge on any atom is -0.507 e. The number of likely N-dealkylation sites (N-methyl/N-ethyl adjacent to an activating group) is 1. The molecule has 0 saturated carbocycles. The van der Waals surface area contributed by atoms with Gasteiger partial charge in [0.05, 0.1) is 17.4 Å². The van der Waals surface area contributed by atoms with Crippen molar-refractivity contribution in [3.63, 3.8) is 0 Å². The Balaban J connectivity index is 1.75. The van der Waals surface area contributed by atoms with Gasteiger partial charge in [-0.15, -0.1) is 10.2 Å². The minimum absolute atomic E-state index is 0.182. The van der Waals surface area contributed by atoms with E-state index < -0.39 is 17.5 Å². The van der Waals surface area contributed by atoms with Crippen LogP contribution >= 0.6 is 0 Å². The van der Waals surface area contributed by atoms with Gasteiger partial charge in [0, 0.05) is 37.4 Å². The van der Waals surface area contributed by atoms with Gasteiger partial charge in [-0.1, -0.05) is 0 Å². The van der Waals surface area contributed by atoms with Crippen LogP contribution in [0.4, 0.5) is 19.0 Å². The number of aromatic nitrogens is 2. The molecule has 0 bridgehead atoms. The Morgan fingerprint density at radius 3 is 2.55 bits per heavy atom. The molecule has 0 amide bonds. The van der Waals surface area contributed by atoms with Crippen LogP contribution in [0.5, 0.6) is 5.75 Å². The Hall–Kier alpha value is -2.39. The van der Waals surface area contributed by atoms with Gasteiger partial charge in [0.15, 0.2) is 5.82 Å². The van der Waals surface area contributed by atoms with E-state index in [2.05, 4.69) is 27.0 Å². The van der Waals surface area contributed by atoms with Crippen LogP contribution in [-0.2, 0) is 10.9 Å². The summed E-state index contributed by atoms with van der Waals surface area (Å²) in [5.41, 5.74) is 0.849. The highest BCUT2D eigenvalue weighted by atomic mass is 19.4. The first kappa shape index (κ1) is 21.8. The molecule has 1 saturated heterocycles. The van der Waals surface area contributed by atoms with Crippen LogP contribution in [0.3, 0.4) is 0 Å². The Bertz CT molecular complexity index is 943. The number of aryl methyl sites for hydroxylation is 1. The molecule has 2 aliphatic heterocycles. The molecule has 2 aromatic rings. The number of piperidine rings is 1. The predicted octanol–water partition coefficient (Wildman–Crippen LogP) is 4.17. The van der Waals surface area contributed by atoms with E-state index in [-0.39, 0.29) is 17.2 Å². The van der Waals surface area contributed by atoms with Gasteiger partial charge in [0.1, 0.15) is 5.75 Å². The van der Waals surface area contributed by atoms with Crippen LogP contribution < -0.4 is 4.90 Å². The molecule has 4 rings (SSSR count). The fourth-order valence-electron chi connectivity index (χ4n) is 4.76. The predicted molar refractivity (Wildman–Crippen MR) is 111 cm³/mol. The van der Waals surface area contributed by atoms with E-state index in [0.717, 1.165) is 62.4 Å². The van der Waals surface area contributed by atoms with Gasteiger partial charge in [0.25, 0.3) is 0 Å². The van der Waals surface area contributed by atoms with Crippen LogP contribution in [0.15, 0.2) is 18.2 Å². The molecular formula is C22H27F3N4O2. The summed E-state index contributed by atoms with van der Waals surface area (Å²) in [7, 11) is 3.75. The molecule has 0 spiro atoms. The lowest BCUT2D eigenvalue weighted by Crippen LogP contribution is -2.49. The average molecular weight is 436 g/mol. The van der Waals surface area contributed by atoms with Crippen molar-refractivity contribution in [1.29, 1.82) is 0 Å². The number of nitrogens with zero attached hydrogens (tertiary/aromatic N) is 4. The van der Waals surface area contributed by atoms with Crippen molar-refractivity contribution < 1.29 is 23.0 Å². The Kier molecular flexibility index (Phi) is 5.83. The van der Waals surface area contributed by atoms with Crippen molar-refractivity contribution in [1.82, 2.24) is 15.1 Å². The fraction of sp³-hybridized carbons (Fsp3) is 0.545. The van der Waals surface area contributed by atoms with E-state index in [4.69, 9.17) is 4.74 Å². The Morgan fingerprint density at radius 1 is 1.13 bits per heavy atom. The highest BCUT2D eigenvalue weighted by molar-refractivity contribution is 5.73.